The zero-order chi connectivity index (χ0) is 17.6. The normalized spacial score (nSPS) is 22.7. The van der Waals surface area contributed by atoms with Crippen LogP contribution in [-0.2, 0) is 9.59 Å². The summed E-state index contributed by atoms with van der Waals surface area (Å²) in [6, 6.07) is 1.26. The summed E-state index contributed by atoms with van der Waals surface area (Å²) < 4.78 is 4.78. The number of fused-ring (bicyclic) bond motifs is 1. The fourth-order valence-corrected chi connectivity index (χ4v) is 3.83. The highest BCUT2D eigenvalue weighted by Gasteiger charge is 2.53. The number of furan rings is 1. The van der Waals surface area contributed by atoms with Crippen LogP contribution in [0.5, 0.6) is 0 Å². The Morgan fingerprint density at radius 3 is 2.79 bits per heavy atom. The molecular weight excluding hydrogens is 342 g/mol. The Morgan fingerprint density at radius 1 is 1.50 bits per heavy atom. The van der Waals surface area contributed by atoms with Gasteiger partial charge in [0.2, 0.25) is 0 Å². The highest BCUT2D eigenvalue weighted by Crippen LogP contribution is 2.40. The third-order valence-corrected chi connectivity index (χ3v) is 5.07. The molecule has 24 heavy (non-hydrogen) atoms. The first-order valence-corrected chi connectivity index (χ1v) is 7.79. The molecule has 0 saturated carbocycles. The first-order chi connectivity index (χ1) is 11.3. The van der Waals surface area contributed by atoms with E-state index in [-0.39, 0.29) is 11.5 Å². The molecule has 0 bridgehead atoms. The van der Waals surface area contributed by atoms with Crippen molar-refractivity contribution in [2.75, 3.05) is 5.75 Å². The molecule has 10 nitrogen and oxygen atoms in total. The van der Waals surface area contributed by atoms with Gasteiger partial charge in [-0.3, -0.25) is 24.6 Å². The summed E-state index contributed by atoms with van der Waals surface area (Å²) in [5.41, 5.74) is 0.506. The number of carbonyl (C=O) groups excluding carboxylic acids is 2. The first-order valence-electron chi connectivity index (χ1n) is 6.74. The Morgan fingerprint density at radius 2 is 2.21 bits per heavy atom. The van der Waals surface area contributed by atoms with Crippen LogP contribution in [0.15, 0.2) is 27.8 Å². The highest BCUT2D eigenvalue weighted by atomic mass is 32.2. The average molecular weight is 353 g/mol. The summed E-state index contributed by atoms with van der Waals surface area (Å²) in [5.74, 6) is -2.96. The summed E-state index contributed by atoms with van der Waals surface area (Å²) >= 11 is 1.33. The van der Waals surface area contributed by atoms with Crippen molar-refractivity contribution < 1.29 is 28.8 Å². The van der Waals surface area contributed by atoms with Crippen LogP contribution in [0.25, 0.3) is 0 Å². The van der Waals surface area contributed by atoms with Crippen LogP contribution in [0.2, 0.25) is 0 Å². The Balaban J connectivity index is 1.74. The van der Waals surface area contributed by atoms with Gasteiger partial charge in [-0.1, -0.05) is 0 Å². The minimum atomic E-state index is -1.20. The number of nitro groups is 1. The van der Waals surface area contributed by atoms with Crippen molar-refractivity contribution in [1.29, 1.82) is 0 Å². The largest absolute Gasteiger partial charge is 0.477 e. The van der Waals surface area contributed by atoms with Gasteiger partial charge in [-0.25, -0.2) is 4.79 Å². The second kappa shape index (κ2) is 5.67. The molecule has 3 heterocycles. The first kappa shape index (κ1) is 16.1. The molecule has 1 fully saturated rings. The van der Waals surface area contributed by atoms with E-state index in [4.69, 9.17) is 4.42 Å². The summed E-state index contributed by atoms with van der Waals surface area (Å²) in [4.78, 5) is 46.4. The molecule has 2 N–H and O–H groups in total. The molecule has 0 aliphatic carbocycles. The molecule has 2 amide bonds. The van der Waals surface area contributed by atoms with Gasteiger partial charge in [0.1, 0.15) is 22.0 Å². The lowest BCUT2D eigenvalue weighted by Gasteiger charge is -2.49. The maximum Gasteiger partial charge on any atom is 0.433 e. The predicted octanol–water partition coefficient (Wildman–Crippen LogP) is 0.560. The molecule has 3 rings (SSSR count). The number of nitrogens with zero attached hydrogens (tertiary/aromatic N) is 2. The van der Waals surface area contributed by atoms with E-state index in [2.05, 4.69) is 5.32 Å². The quantitative estimate of drug-likeness (QED) is 0.454. The van der Waals surface area contributed by atoms with Crippen molar-refractivity contribution >= 4 is 35.4 Å². The van der Waals surface area contributed by atoms with Crippen molar-refractivity contribution in [3.05, 3.63) is 39.3 Å². The van der Waals surface area contributed by atoms with Gasteiger partial charge < -0.3 is 14.8 Å². The summed E-state index contributed by atoms with van der Waals surface area (Å²) in [6.07, 6.45) is 0. The van der Waals surface area contributed by atoms with Gasteiger partial charge in [0, 0.05) is 5.75 Å². The maximum atomic E-state index is 12.2. The summed E-state index contributed by atoms with van der Waals surface area (Å²) in [5, 5.41) is 21.7. The van der Waals surface area contributed by atoms with Crippen LogP contribution < -0.4 is 5.32 Å². The van der Waals surface area contributed by atoms with Crippen molar-refractivity contribution in [2.24, 2.45) is 0 Å². The van der Waals surface area contributed by atoms with Gasteiger partial charge in [0.25, 0.3) is 11.8 Å². The SMILES string of the molecule is CC1=C(C(=O)O)N2C(=O)[C@@H](NC(=O)c3ccc([N+](=O)[O-])o3)[C@H]2SC1. The van der Waals surface area contributed by atoms with Crippen molar-refractivity contribution in [1.82, 2.24) is 10.2 Å². The zero-order valence-electron chi connectivity index (χ0n) is 12.2. The number of amides is 2. The minimum absolute atomic E-state index is 0.0668. The molecule has 11 heteroatoms. The van der Waals surface area contributed by atoms with E-state index in [1.807, 2.05) is 0 Å². The second-order valence-electron chi connectivity index (χ2n) is 5.19. The standard InChI is InChI=1S/C13H11N3O7S/c1-5-4-24-12-8(11(18)15(12)9(5)13(19)20)14-10(17)6-2-3-7(23-6)16(21)22/h2-3,8,12H,4H2,1H3,(H,14,17)(H,19,20)/t8-,12-/m1/s1. The lowest BCUT2D eigenvalue weighted by Crippen LogP contribution is -2.70. The van der Waals surface area contributed by atoms with E-state index in [0.29, 0.717) is 11.3 Å². The van der Waals surface area contributed by atoms with Crippen molar-refractivity contribution in [3.63, 3.8) is 0 Å². The second-order valence-corrected chi connectivity index (χ2v) is 6.30. The predicted molar refractivity (Wildman–Crippen MR) is 80.0 cm³/mol. The molecule has 2 aliphatic heterocycles. The highest BCUT2D eigenvalue weighted by molar-refractivity contribution is 8.00. The Labute approximate surface area is 138 Å². The van der Waals surface area contributed by atoms with Crippen LogP contribution in [0.3, 0.4) is 0 Å². The van der Waals surface area contributed by atoms with E-state index in [1.165, 1.54) is 11.8 Å². The number of hydrogen-bond donors (Lipinski definition) is 2. The molecule has 1 aromatic rings. The van der Waals surface area contributed by atoms with E-state index < -0.39 is 40.0 Å². The molecule has 1 aromatic heterocycles. The van der Waals surface area contributed by atoms with E-state index in [1.54, 1.807) is 6.92 Å². The third kappa shape index (κ3) is 2.42. The summed E-state index contributed by atoms with van der Waals surface area (Å²) in [7, 11) is 0. The lowest BCUT2D eigenvalue weighted by atomic mass is 10.0. The number of β-lactam (4-membered cyclic amide) rings is 1. The number of carboxylic acid groups (broad SMARTS) is 1. The molecule has 0 spiro atoms. The smallest absolute Gasteiger partial charge is 0.433 e. The van der Waals surface area contributed by atoms with Gasteiger partial charge >= 0.3 is 11.9 Å². The number of aliphatic carboxylic acids is 1. The molecule has 0 aromatic carbocycles. The van der Waals surface area contributed by atoms with Gasteiger partial charge in [-0.15, -0.1) is 11.8 Å². The topological polar surface area (TPSA) is 143 Å². The van der Waals surface area contributed by atoms with Crippen molar-refractivity contribution in [3.8, 4) is 0 Å². The molecule has 0 unspecified atom stereocenters. The number of carbonyl (C=O) groups is 3. The van der Waals surface area contributed by atoms with Gasteiger partial charge in [-0.05, 0) is 18.6 Å². The molecule has 126 valence electrons. The fourth-order valence-electron chi connectivity index (χ4n) is 2.54. The molecular formula is C13H11N3O7S. The molecule has 2 aliphatic rings. The number of nitrogens with one attached hydrogen (secondary N) is 1. The van der Waals surface area contributed by atoms with Gasteiger partial charge in [0.15, 0.2) is 5.76 Å². The molecule has 0 radical (unpaired) electrons. The van der Waals surface area contributed by atoms with Crippen molar-refractivity contribution in [2.45, 2.75) is 18.3 Å². The average Bonchev–Trinajstić information content (AvgIpc) is 3.02. The maximum absolute atomic E-state index is 12.2. The number of thioether (sulfide) groups is 1. The van der Waals surface area contributed by atoms with Crippen LogP contribution in [-0.4, -0.2) is 49.9 Å². The number of rotatable bonds is 4. The zero-order valence-corrected chi connectivity index (χ0v) is 13.0. The monoisotopic (exact) mass is 353 g/mol. The molecule has 1 saturated heterocycles. The van der Waals surface area contributed by atoms with Crippen LogP contribution >= 0.6 is 11.8 Å². The van der Waals surface area contributed by atoms with Gasteiger partial charge in [0.05, 0.1) is 6.07 Å². The number of carboxylic acids is 1. The fraction of sp³-hybridized carbons (Fsp3) is 0.308. The number of hydrogen-bond acceptors (Lipinski definition) is 7. The van der Waals surface area contributed by atoms with E-state index >= 15 is 0 Å². The third-order valence-electron chi connectivity index (χ3n) is 3.64. The Bertz CT molecular complexity index is 799. The van der Waals surface area contributed by atoms with Gasteiger partial charge in [-0.2, -0.15) is 0 Å². The van der Waals surface area contributed by atoms with Crippen LogP contribution in [0.4, 0.5) is 5.88 Å². The Hall–Kier alpha value is -2.82. The summed E-state index contributed by atoms with van der Waals surface area (Å²) in [6.45, 7) is 1.63. The Kier molecular flexibility index (Phi) is 3.79. The van der Waals surface area contributed by atoms with E-state index in [0.717, 1.165) is 17.0 Å². The lowest BCUT2D eigenvalue weighted by molar-refractivity contribution is -0.402. The minimum Gasteiger partial charge on any atom is -0.477 e. The van der Waals surface area contributed by atoms with Crippen LogP contribution in [0, 0.1) is 10.1 Å². The molecule has 2 atom stereocenters. The van der Waals surface area contributed by atoms with E-state index in [9.17, 15) is 29.6 Å². The van der Waals surface area contributed by atoms with Crippen LogP contribution in [0.1, 0.15) is 17.5 Å².